The average molecular weight is 315 g/mol. The summed E-state index contributed by atoms with van der Waals surface area (Å²) >= 11 is 0. The molecule has 1 atom stereocenters. The van der Waals surface area contributed by atoms with E-state index in [9.17, 15) is 9.50 Å². The molecule has 23 heavy (non-hydrogen) atoms. The van der Waals surface area contributed by atoms with Gasteiger partial charge in [0.1, 0.15) is 24.3 Å². The van der Waals surface area contributed by atoms with Crippen molar-refractivity contribution in [1.82, 2.24) is 4.90 Å². The van der Waals surface area contributed by atoms with Gasteiger partial charge in [-0.05, 0) is 31.0 Å². The summed E-state index contributed by atoms with van der Waals surface area (Å²) in [5.74, 6) is 0.562. The number of halogens is 1. The van der Waals surface area contributed by atoms with Crippen LogP contribution in [0.1, 0.15) is 18.4 Å². The summed E-state index contributed by atoms with van der Waals surface area (Å²) in [6.07, 6.45) is 1.63. The zero-order chi connectivity index (χ0) is 16.1. The van der Waals surface area contributed by atoms with Crippen LogP contribution in [0.3, 0.4) is 0 Å². The molecule has 3 nitrogen and oxygen atoms in total. The predicted molar refractivity (Wildman–Crippen MR) is 87.8 cm³/mol. The van der Waals surface area contributed by atoms with Crippen LogP contribution < -0.4 is 4.74 Å². The summed E-state index contributed by atoms with van der Waals surface area (Å²) < 4.78 is 19.4. The van der Waals surface area contributed by atoms with Gasteiger partial charge in [-0.3, -0.25) is 4.90 Å². The lowest BCUT2D eigenvalue weighted by atomic mass is 10.2. The Balaban J connectivity index is 1.54. The van der Waals surface area contributed by atoms with Crippen LogP contribution in [0.4, 0.5) is 4.39 Å². The largest absolute Gasteiger partial charge is 0.491 e. The summed E-state index contributed by atoms with van der Waals surface area (Å²) in [6.45, 7) is 1.26. The third-order valence-corrected chi connectivity index (χ3v) is 4.03. The molecule has 1 aliphatic rings. The molecule has 1 saturated carbocycles. The second kappa shape index (κ2) is 7.57. The van der Waals surface area contributed by atoms with Gasteiger partial charge in [0, 0.05) is 24.7 Å². The topological polar surface area (TPSA) is 32.7 Å². The number of hydrogen-bond acceptors (Lipinski definition) is 3. The minimum Gasteiger partial charge on any atom is -0.491 e. The highest BCUT2D eigenvalue weighted by molar-refractivity contribution is 5.21. The van der Waals surface area contributed by atoms with Gasteiger partial charge in [0.15, 0.2) is 0 Å². The van der Waals surface area contributed by atoms with Crippen molar-refractivity contribution in [1.29, 1.82) is 0 Å². The number of aliphatic hydroxyl groups excluding tert-OH is 1. The minimum absolute atomic E-state index is 0.187. The quantitative estimate of drug-likeness (QED) is 0.812. The molecule has 0 bridgehead atoms. The molecule has 0 radical (unpaired) electrons. The number of nitrogens with zero attached hydrogens (tertiary/aromatic N) is 1. The van der Waals surface area contributed by atoms with E-state index in [0.29, 0.717) is 24.7 Å². The van der Waals surface area contributed by atoms with Gasteiger partial charge in [0.25, 0.3) is 0 Å². The highest BCUT2D eigenvalue weighted by Crippen LogP contribution is 2.29. The van der Waals surface area contributed by atoms with Crippen molar-refractivity contribution < 1.29 is 14.2 Å². The fourth-order valence-electron chi connectivity index (χ4n) is 2.66. The Kier molecular flexibility index (Phi) is 5.26. The van der Waals surface area contributed by atoms with E-state index in [2.05, 4.69) is 4.90 Å². The Labute approximate surface area is 136 Å². The number of rotatable bonds is 8. The maximum absolute atomic E-state index is 13.8. The van der Waals surface area contributed by atoms with Crippen LogP contribution >= 0.6 is 0 Å². The van der Waals surface area contributed by atoms with Crippen molar-refractivity contribution in [2.24, 2.45) is 0 Å². The Morgan fingerprint density at radius 2 is 1.78 bits per heavy atom. The van der Waals surface area contributed by atoms with Gasteiger partial charge >= 0.3 is 0 Å². The molecule has 1 aliphatic carbocycles. The summed E-state index contributed by atoms with van der Waals surface area (Å²) in [5, 5.41) is 10.2. The van der Waals surface area contributed by atoms with Crippen LogP contribution in [0.5, 0.6) is 5.75 Å². The van der Waals surface area contributed by atoms with E-state index < -0.39 is 6.10 Å². The molecule has 2 aromatic carbocycles. The van der Waals surface area contributed by atoms with Gasteiger partial charge in [0.2, 0.25) is 0 Å². The molecule has 4 heteroatoms. The summed E-state index contributed by atoms with van der Waals surface area (Å²) in [4.78, 5) is 2.15. The van der Waals surface area contributed by atoms with E-state index in [0.717, 1.165) is 18.6 Å². The SMILES string of the molecule is OC(COc1ccccc1)CN(Cc1ccccc1F)C1CC1. The third-order valence-electron chi connectivity index (χ3n) is 4.03. The monoisotopic (exact) mass is 315 g/mol. The van der Waals surface area contributed by atoms with Crippen molar-refractivity contribution in [2.75, 3.05) is 13.2 Å². The first-order valence-electron chi connectivity index (χ1n) is 8.06. The Bertz CT molecular complexity index is 616. The van der Waals surface area contributed by atoms with Crippen molar-refractivity contribution in [3.8, 4) is 5.75 Å². The Hall–Kier alpha value is -1.91. The van der Waals surface area contributed by atoms with Crippen LogP contribution in [0.2, 0.25) is 0 Å². The maximum atomic E-state index is 13.8. The molecule has 1 unspecified atom stereocenters. The fraction of sp³-hybridized carbons (Fsp3) is 0.368. The van der Waals surface area contributed by atoms with E-state index in [1.165, 1.54) is 6.07 Å². The molecule has 2 aromatic rings. The average Bonchev–Trinajstić information content (AvgIpc) is 3.40. The third kappa shape index (κ3) is 4.78. The number of benzene rings is 2. The van der Waals surface area contributed by atoms with E-state index in [-0.39, 0.29) is 12.4 Å². The Morgan fingerprint density at radius 3 is 2.48 bits per heavy atom. The second-order valence-electron chi connectivity index (χ2n) is 6.03. The Morgan fingerprint density at radius 1 is 1.09 bits per heavy atom. The molecule has 1 fully saturated rings. The van der Waals surface area contributed by atoms with E-state index >= 15 is 0 Å². The van der Waals surface area contributed by atoms with Gasteiger partial charge in [-0.2, -0.15) is 0 Å². The molecule has 0 aliphatic heterocycles. The molecule has 0 amide bonds. The van der Waals surface area contributed by atoms with Crippen LogP contribution in [0.15, 0.2) is 54.6 Å². The van der Waals surface area contributed by atoms with Gasteiger partial charge in [-0.25, -0.2) is 4.39 Å². The van der Waals surface area contributed by atoms with Gasteiger partial charge in [-0.15, -0.1) is 0 Å². The van der Waals surface area contributed by atoms with E-state index in [4.69, 9.17) is 4.74 Å². The minimum atomic E-state index is -0.595. The molecule has 0 aromatic heterocycles. The molecule has 0 heterocycles. The van der Waals surface area contributed by atoms with Crippen LogP contribution in [0, 0.1) is 5.82 Å². The first-order chi connectivity index (χ1) is 11.2. The predicted octanol–water partition coefficient (Wildman–Crippen LogP) is 3.23. The number of para-hydroxylation sites is 1. The highest BCUT2D eigenvalue weighted by Gasteiger charge is 2.30. The normalized spacial score (nSPS) is 15.6. The molecule has 0 spiro atoms. The highest BCUT2D eigenvalue weighted by atomic mass is 19.1. The van der Waals surface area contributed by atoms with Gasteiger partial charge in [-0.1, -0.05) is 36.4 Å². The smallest absolute Gasteiger partial charge is 0.127 e. The molecule has 0 saturated heterocycles. The number of aliphatic hydroxyl groups is 1. The zero-order valence-corrected chi connectivity index (χ0v) is 13.1. The van der Waals surface area contributed by atoms with Crippen molar-refractivity contribution in [3.63, 3.8) is 0 Å². The fourth-order valence-corrected chi connectivity index (χ4v) is 2.66. The summed E-state index contributed by atoms with van der Waals surface area (Å²) in [7, 11) is 0. The van der Waals surface area contributed by atoms with E-state index in [1.54, 1.807) is 12.1 Å². The first-order valence-corrected chi connectivity index (χ1v) is 8.06. The lowest BCUT2D eigenvalue weighted by Gasteiger charge is -2.25. The summed E-state index contributed by atoms with van der Waals surface area (Å²) in [5.41, 5.74) is 0.676. The molecule has 3 rings (SSSR count). The van der Waals surface area contributed by atoms with Crippen molar-refractivity contribution >= 4 is 0 Å². The number of hydrogen-bond donors (Lipinski definition) is 1. The number of ether oxygens (including phenoxy) is 1. The van der Waals surface area contributed by atoms with E-state index in [1.807, 2.05) is 36.4 Å². The van der Waals surface area contributed by atoms with Crippen LogP contribution in [-0.4, -0.2) is 35.3 Å². The van der Waals surface area contributed by atoms with Crippen LogP contribution in [-0.2, 0) is 6.54 Å². The molecular formula is C19H22FNO2. The summed E-state index contributed by atoms with van der Waals surface area (Å²) in [6, 6.07) is 16.7. The zero-order valence-electron chi connectivity index (χ0n) is 13.1. The lowest BCUT2D eigenvalue weighted by molar-refractivity contribution is 0.0622. The maximum Gasteiger partial charge on any atom is 0.127 e. The molecular weight excluding hydrogens is 293 g/mol. The van der Waals surface area contributed by atoms with Gasteiger partial charge in [0.05, 0.1) is 0 Å². The van der Waals surface area contributed by atoms with Crippen molar-refractivity contribution in [3.05, 3.63) is 66.0 Å². The van der Waals surface area contributed by atoms with Crippen LogP contribution in [0.25, 0.3) is 0 Å². The van der Waals surface area contributed by atoms with Crippen molar-refractivity contribution in [2.45, 2.75) is 31.5 Å². The standard InChI is InChI=1S/C19H22FNO2/c20-19-9-5-4-6-15(19)12-21(16-10-11-16)13-17(22)14-23-18-7-2-1-3-8-18/h1-9,16-17,22H,10-14H2. The molecule has 1 N–H and O–H groups in total. The van der Waals surface area contributed by atoms with Gasteiger partial charge < -0.3 is 9.84 Å². The second-order valence-corrected chi connectivity index (χ2v) is 6.03. The molecule has 122 valence electrons. The lowest BCUT2D eigenvalue weighted by Crippen LogP contribution is -2.36. The first kappa shape index (κ1) is 16.0.